The van der Waals surface area contributed by atoms with Gasteiger partial charge in [0.15, 0.2) is 0 Å². The molecule has 0 radical (unpaired) electrons. The lowest BCUT2D eigenvalue weighted by molar-refractivity contribution is -0.140. The van der Waals surface area contributed by atoms with E-state index in [4.69, 9.17) is 4.74 Å². The monoisotopic (exact) mass is 450 g/mol. The van der Waals surface area contributed by atoms with Crippen LogP contribution in [0.2, 0.25) is 0 Å². The first-order chi connectivity index (χ1) is 15.8. The topological polar surface area (TPSA) is 70.1 Å². The number of ketones is 1. The van der Waals surface area contributed by atoms with E-state index in [2.05, 4.69) is 18.7 Å². The molecule has 1 aliphatic heterocycles. The summed E-state index contributed by atoms with van der Waals surface area (Å²) in [5.74, 6) is -0.741. The first-order valence-corrected chi connectivity index (χ1v) is 11.6. The number of aliphatic hydroxyl groups is 1. The minimum absolute atomic E-state index is 0.0122. The van der Waals surface area contributed by atoms with Gasteiger partial charge in [-0.3, -0.25) is 9.59 Å². The maximum absolute atomic E-state index is 13.2. The highest BCUT2D eigenvalue weighted by atomic mass is 16.5. The van der Waals surface area contributed by atoms with Crippen molar-refractivity contribution in [2.75, 3.05) is 26.2 Å². The van der Waals surface area contributed by atoms with Gasteiger partial charge in [0.2, 0.25) is 0 Å². The summed E-state index contributed by atoms with van der Waals surface area (Å²) in [4.78, 5) is 30.1. The van der Waals surface area contributed by atoms with Gasteiger partial charge in [0.05, 0.1) is 17.7 Å². The molecule has 1 heterocycles. The van der Waals surface area contributed by atoms with E-state index < -0.39 is 17.7 Å². The summed E-state index contributed by atoms with van der Waals surface area (Å²) >= 11 is 0. The molecule has 0 aliphatic carbocycles. The second-order valence-electron chi connectivity index (χ2n) is 8.62. The number of carbonyl (C=O) groups excluding carboxylic acids is 2. The molecule has 1 aliphatic rings. The van der Waals surface area contributed by atoms with E-state index in [0.717, 1.165) is 24.2 Å². The third-order valence-electron chi connectivity index (χ3n) is 5.96. The smallest absolute Gasteiger partial charge is 0.295 e. The molecule has 2 aromatic carbocycles. The van der Waals surface area contributed by atoms with Crippen LogP contribution in [0.15, 0.2) is 54.1 Å². The fourth-order valence-electron chi connectivity index (χ4n) is 4.14. The van der Waals surface area contributed by atoms with Crippen molar-refractivity contribution in [3.8, 4) is 5.75 Å². The van der Waals surface area contributed by atoms with Gasteiger partial charge >= 0.3 is 0 Å². The largest absolute Gasteiger partial charge is 0.507 e. The van der Waals surface area contributed by atoms with Gasteiger partial charge in [0, 0.05) is 18.7 Å². The number of nitrogens with zero attached hydrogens (tertiary/aromatic N) is 2. The van der Waals surface area contributed by atoms with Gasteiger partial charge in [-0.15, -0.1) is 0 Å². The number of hydrogen-bond acceptors (Lipinski definition) is 5. The average molecular weight is 451 g/mol. The molecule has 0 bridgehead atoms. The lowest BCUT2D eigenvalue weighted by Gasteiger charge is -2.28. The Balaban J connectivity index is 2.10. The first-order valence-electron chi connectivity index (χ1n) is 11.6. The summed E-state index contributed by atoms with van der Waals surface area (Å²) in [5, 5.41) is 11.2. The van der Waals surface area contributed by atoms with E-state index in [1.54, 1.807) is 17.0 Å². The van der Waals surface area contributed by atoms with E-state index in [1.807, 2.05) is 57.2 Å². The number of benzene rings is 2. The zero-order valence-electron chi connectivity index (χ0n) is 20.2. The summed E-state index contributed by atoms with van der Waals surface area (Å²) in [6, 6.07) is 14.0. The molecule has 3 rings (SSSR count). The van der Waals surface area contributed by atoms with E-state index in [9.17, 15) is 14.7 Å². The number of Topliss-reactive ketones (excluding diaryl/α,β-unsaturated/α-hetero) is 1. The zero-order valence-corrected chi connectivity index (χ0v) is 20.2. The van der Waals surface area contributed by atoms with Crippen LogP contribution in [0.3, 0.4) is 0 Å². The van der Waals surface area contributed by atoms with Crippen molar-refractivity contribution in [3.63, 3.8) is 0 Å². The van der Waals surface area contributed by atoms with Gasteiger partial charge in [-0.05, 0) is 51.6 Å². The Morgan fingerprint density at radius 3 is 2.36 bits per heavy atom. The van der Waals surface area contributed by atoms with Crippen LogP contribution in [0.1, 0.15) is 50.4 Å². The molecule has 1 unspecified atom stereocenters. The number of hydrogen-bond donors (Lipinski definition) is 1. The Hall–Kier alpha value is -3.12. The summed E-state index contributed by atoms with van der Waals surface area (Å²) in [7, 11) is 0. The highest BCUT2D eigenvalue weighted by Crippen LogP contribution is 2.40. The molecule has 6 nitrogen and oxygen atoms in total. The quantitative estimate of drug-likeness (QED) is 0.345. The maximum atomic E-state index is 13.2. The standard InChI is InChI=1S/C27H34N2O4/c1-6-28(7-2)15-16-29-24(21-9-8-10-22(17-21)33-18(3)4)23(26(31)27(29)32)25(30)20-13-11-19(5)12-14-20/h8-14,17-18,24,30H,6-7,15-16H2,1-5H3/b25-23-. The fourth-order valence-corrected chi connectivity index (χ4v) is 4.14. The molecular weight excluding hydrogens is 416 g/mol. The Bertz CT molecular complexity index is 1020. The number of likely N-dealkylation sites (tertiary alicyclic amines) is 1. The van der Waals surface area contributed by atoms with Gasteiger partial charge in [0.25, 0.3) is 11.7 Å². The van der Waals surface area contributed by atoms with Crippen molar-refractivity contribution in [1.29, 1.82) is 0 Å². The van der Waals surface area contributed by atoms with Crippen molar-refractivity contribution in [3.05, 3.63) is 70.8 Å². The summed E-state index contributed by atoms with van der Waals surface area (Å²) < 4.78 is 5.85. The van der Waals surface area contributed by atoms with Gasteiger partial charge in [-0.2, -0.15) is 0 Å². The molecule has 176 valence electrons. The Morgan fingerprint density at radius 1 is 1.09 bits per heavy atom. The molecule has 0 spiro atoms. The third kappa shape index (κ3) is 5.45. The predicted molar refractivity (Wildman–Crippen MR) is 130 cm³/mol. The lowest BCUT2D eigenvalue weighted by Crippen LogP contribution is -2.38. The van der Waals surface area contributed by atoms with Gasteiger partial charge in [-0.1, -0.05) is 55.8 Å². The molecular formula is C27H34N2O4. The minimum Gasteiger partial charge on any atom is -0.507 e. The molecule has 1 atom stereocenters. The molecule has 0 aromatic heterocycles. The Kier molecular flexibility index (Phi) is 7.92. The van der Waals surface area contributed by atoms with Crippen LogP contribution < -0.4 is 4.74 Å². The van der Waals surface area contributed by atoms with Crippen LogP contribution in [0.4, 0.5) is 0 Å². The molecule has 2 aromatic rings. The first kappa shape index (κ1) is 24.5. The third-order valence-corrected chi connectivity index (χ3v) is 5.96. The van der Waals surface area contributed by atoms with Crippen molar-refractivity contribution >= 4 is 17.4 Å². The Labute approximate surface area is 196 Å². The zero-order chi connectivity index (χ0) is 24.1. The fraction of sp³-hybridized carbons (Fsp3) is 0.407. The molecule has 0 saturated carbocycles. The highest BCUT2D eigenvalue weighted by Gasteiger charge is 2.46. The van der Waals surface area contributed by atoms with Crippen LogP contribution in [0.25, 0.3) is 5.76 Å². The van der Waals surface area contributed by atoms with Gasteiger partial charge in [-0.25, -0.2) is 0 Å². The van der Waals surface area contributed by atoms with Crippen molar-refractivity contribution in [2.24, 2.45) is 0 Å². The predicted octanol–water partition coefficient (Wildman–Crippen LogP) is 4.55. The van der Waals surface area contributed by atoms with Crippen molar-refractivity contribution < 1.29 is 19.4 Å². The summed E-state index contributed by atoms with van der Waals surface area (Å²) in [6.45, 7) is 12.7. The van der Waals surface area contributed by atoms with Gasteiger partial charge in [0.1, 0.15) is 11.5 Å². The van der Waals surface area contributed by atoms with E-state index in [1.165, 1.54) is 0 Å². The molecule has 1 saturated heterocycles. The molecule has 1 N–H and O–H groups in total. The minimum atomic E-state index is -0.683. The molecule has 1 amide bonds. The highest BCUT2D eigenvalue weighted by molar-refractivity contribution is 6.46. The van der Waals surface area contributed by atoms with E-state index in [0.29, 0.717) is 24.4 Å². The average Bonchev–Trinajstić information content (AvgIpc) is 3.04. The maximum Gasteiger partial charge on any atom is 0.295 e. The number of ether oxygens (including phenoxy) is 1. The van der Waals surface area contributed by atoms with Crippen LogP contribution in [0, 0.1) is 6.92 Å². The van der Waals surface area contributed by atoms with Crippen LogP contribution in [0.5, 0.6) is 5.75 Å². The van der Waals surface area contributed by atoms with Crippen LogP contribution in [-0.4, -0.2) is 58.9 Å². The molecule has 6 heteroatoms. The van der Waals surface area contributed by atoms with Crippen molar-refractivity contribution in [2.45, 2.75) is 46.8 Å². The van der Waals surface area contributed by atoms with Crippen molar-refractivity contribution in [1.82, 2.24) is 9.80 Å². The van der Waals surface area contributed by atoms with E-state index >= 15 is 0 Å². The Morgan fingerprint density at radius 2 is 1.76 bits per heavy atom. The summed E-state index contributed by atoms with van der Waals surface area (Å²) in [6.07, 6.45) is -0.0122. The van der Waals surface area contributed by atoms with Gasteiger partial charge < -0.3 is 19.6 Å². The number of aliphatic hydroxyl groups excluding tert-OH is 1. The second-order valence-corrected chi connectivity index (χ2v) is 8.62. The molecule has 1 fully saturated rings. The van der Waals surface area contributed by atoms with Crippen LogP contribution in [-0.2, 0) is 9.59 Å². The normalized spacial score (nSPS) is 17.9. The lowest BCUT2D eigenvalue weighted by atomic mass is 9.95. The number of carbonyl (C=O) groups is 2. The van der Waals surface area contributed by atoms with E-state index in [-0.39, 0.29) is 17.4 Å². The van der Waals surface area contributed by atoms with Crippen LogP contribution >= 0.6 is 0 Å². The number of amides is 1. The number of rotatable bonds is 9. The SMILES string of the molecule is CCN(CC)CCN1C(=O)C(=O)/C(=C(\O)c2ccc(C)cc2)C1c1cccc(OC(C)C)c1. The number of aryl methyl sites for hydroxylation is 1. The second kappa shape index (κ2) is 10.7. The number of likely N-dealkylation sites (N-methyl/N-ethyl adjacent to an activating group) is 1. The summed E-state index contributed by atoms with van der Waals surface area (Å²) in [5.41, 5.74) is 2.41. The molecule has 33 heavy (non-hydrogen) atoms.